The molecule has 2 rings (SSSR count). The van der Waals surface area contributed by atoms with Gasteiger partial charge in [0.05, 0.1) is 22.8 Å². The van der Waals surface area contributed by atoms with Gasteiger partial charge in [0.1, 0.15) is 5.75 Å². The van der Waals surface area contributed by atoms with Crippen molar-refractivity contribution in [2.24, 2.45) is 5.92 Å². The summed E-state index contributed by atoms with van der Waals surface area (Å²) in [5.41, 5.74) is 6.60. The molecular weight excluding hydrogens is 258 g/mol. The zero-order valence-corrected chi connectivity index (χ0v) is 12.5. The van der Waals surface area contributed by atoms with Crippen LogP contribution in [0.2, 0.25) is 0 Å². The minimum Gasteiger partial charge on any atom is -0.497 e. The highest BCUT2D eigenvalue weighted by atomic mass is 32.2. The number of hydrogen-bond acceptors (Lipinski definition) is 3. The second-order valence-electron chi connectivity index (χ2n) is 5.19. The van der Waals surface area contributed by atoms with Crippen molar-refractivity contribution < 1.29 is 8.95 Å². The SMILES string of the molecule is CCC1CCCCC1S(=O)c1cc(OC)ccc1N. The highest BCUT2D eigenvalue weighted by Gasteiger charge is 2.30. The van der Waals surface area contributed by atoms with Crippen LogP contribution >= 0.6 is 0 Å². The number of methoxy groups -OCH3 is 1. The highest BCUT2D eigenvalue weighted by Crippen LogP contribution is 2.35. The molecule has 0 aromatic heterocycles. The average Bonchev–Trinajstić information content (AvgIpc) is 2.47. The van der Waals surface area contributed by atoms with Crippen molar-refractivity contribution in [3.8, 4) is 5.75 Å². The van der Waals surface area contributed by atoms with Crippen LogP contribution in [0.4, 0.5) is 5.69 Å². The van der Waals surface area contributed by atoms with Crippen LogP contribution in [0.25, 0.3) is 0 Å². The van der Waals surface area contributed by atoms with Gasteiger partial charge >= 0.3 is 0 Å². The van der Waals surface area contributed by atoms with Crippen LogP contribution in [0.5, 0.6) is 5.75 Å². The molecule has 1 aliphatic carbocycles. The highest BCUT2D eigenvalue weighted by molar-refractivity contribution is 7.85. The van der Waals surface area contributed by atoms with Gasteiger partial charge in [0.2, 0.25) is 0 Å². The lowest BCUT2D eigenvalue weighted by molar-refractivity contribution is 0.355. The molecule has 2 N–H and O–H groups in total. The van der Waals surface area contributed by atoms with Crippen molar-refractivity contribution in [2.45, 2.75) is 49.2 Å². The minimum absolute atomic E-state index is 0.244. The average molecular weight is 281 g/mol. The fraction of sp³-hybridized carbons (Fsp3) is 0.600. The first kappa shape index (κ1) is 14.4. The van der Waals surface area contributed by atoms with Crippen LogP contribution in [0.15, 0.2) is 23.1 Å². The van der Waals surface area contributed by atoms with Gasteiger partial charge in [-0.05, 0) is 37.0 Å². The third-order valence-corrected chi connectivity index (χ3v) is 6.03. The first-order valence-electron chi connectivity index (χ1n) is 7.01. The minimum atomic E-state index is -1.03. The Hall–Kier alpha value is -1.03. The third-order valence-electron chi connectivity index (χ3n) is 4.08. The lowest BCUT2D eigenvalue weighted by Gasteiger charge is -2.30. The van der Waals surface area contributed by atoms with Crippen LogP contribution in [-0.4, -0.2) is 16.6 Å². The Morgan fingerprint density at radius 1 is 1.37 bits per heavy atom. The summed E-state index contributed by atoms with van der Waals surface area (Å²) >= 11 is 0. The number of rotatable bonds is 4. The van der Waals surface area contributed by atoms with E-state index in [1.54, 1.807) is 13.2 Å². The molecule has 3 atom stereocenters. The van der Waals surface area contributed by atoms with Gasteiger partial charge in [-0.25, -0.2) is 0 Å². The van der Waals surface area contributed by atoms with Gasteiger partial charge in [0.15, 0.2) is 0 Å². The van der Waals surface area contributed by atoms with E-state index in [9.17, 15) is 4.21 Å². The van der Waals surface area contributed by atoms with E-state index in [1.165, 1.54) is 19.3 Å². The molecule has 0 amide bonds. The van der Waals surface area contributed by atoms with E-state index in [0.29, 0.717) is 11.6 Å². The van der Waals surface area contributed by atoms with Crippen molar-refractivity contribution in [1.29, 1.82) is 0 Å². The molecule has 19 heavy (non-hydrogen) atoms. The Bertz CT molecular complexity index is 461. The first-order chi connectivity index (χ1) is 9.17. The van der Waals surface area contributed by atoms with Gasteiger partial charge in [0, 0.05) is 10.9 Å². The number of anilines is 1. The van der Waals surface area contributed by atoms with E-state index in [2.05, 4.69) is 6.92 Å². The molecule has 1 fully saturated rings. The van der Waals surface area contributed by atoms with Crippen molar-refractivity contribution in [3.63, 3.8) is 0 Å². The number of benzene rings is 1. The smallest absolute Gasteiger partial charge is 0.120 e. The van der Waals surface area contributed by atoms with Crippen molar-refractivity contribution in [1.82, 2.24) is 0 Å². The van der Waals surface area contributed by atoms with Gasteiger partial charge in [-0.15, -0.1) is 0 Å². The fourth-order valence-electron chi connectivity index (χ4n) is 2.90. The monoisotopic (exact) mass is 281 g/mol. The predicted molar refractivity (Wildman–Crippen MR) is 79.9 cm³/mol. The molecule has 3 unspecified atom stereocenters. The quantitative estimate of drug-likeness (QED) is 0.861. The number of hydrogen-bond donors (Lipinski definition) is 1. The lowest BCUT2D eigenvalue weighted by atomic mass is 9.87. The Morgan fingerprint density at radius 3 is 2.79 bits per heavy atom. The van der Waals surface area contributed by atoms with Crippen LogP contribution in [0.1, 0.15) is 39.0 Å². The van der Waals surface area contributed by atoms with Gasteiger partial charge in [-0.1, -0.05) is 26.2 Å². The molecule has 106 valence electrons. The Labute approximate surface area is 118 Å². The lowest BCUT2D eigenvalue weighted by Crippen LogP contribution is -2.29. The molecule has 0 bridgehead atoms. The van der Waals surface area contributed by atoms with E-state index in [-0.39, 0.29) is 5.25 Å². The summed E-state index contributed by atoms with van der Waals surface area (Å²) in [5, 5.41) is 0.244. The van der Waals surface area contributed by atoms with Crippen molar-refractivity contribution in [3.05, 3.63) is 18.2 Å². The van der Waals surface area contributed by atoms with E-state index in [1.807, 2.05) is 12.1 Å². The number of nitrogens with two attached hydrogens (primary N) is 1. The Kier molecular flexibility index (Phi) is 4.86. The third kappa shape index (κ3) is 3.11. The predicted octanol–water partition coefficient (Wildman–Crippen LogP) is 3.35. The van der Waals surface area contributed by atoms with Crippen LogP contribution < -0.4 is 10.5 Å². The topological polar surface area (TPSA) is 52.3 Å². The second kappa shape index (κ2) is 6.42. The molecule has 0 saturated heterocycles. The van der Waals surface area contributed by atoms with Crippen molar-refractivity contribution in [2.75, 3.05) is 12.8 Å². The summed E-state index contributed by atoms with van der Waals surface area (Å²) in [5.74, 6) is 1.28. The van der Waals surface area contributed by atoms with E-state index < -0.39 is 10.8 Å². The van der Waals surface area contributed by atoms with E-state index in [0.717, 1.165) is 23.5 Å². The molecule has 0 aliphatic heterocycles. The standard InChI is InChI=1S/C15H23NO2S/c1-3-11-6-4-5-7-14(11)19(17)15-10-12(18-2)8-9-13(15)16/h8-11,14H,3-7,16H2,1-2H3. The fourth-order valence-corrected chi connectivity index (χ4v) is 4.82. The summed E-state index contributed by atoms with van der Waals surface area (Å²) in [7, 11) is 0.590. The molecule has 0 heterocycles. The van der Waals surface area contributed by atoms with Gasteiger partial charge in [0.25, 0.3) is 0 Å². The van der Waals surface area contributed by atoms with Crippen molar-refractivity contribution >= 4 is 16.5 Å². The summed E-state index contributed by atoms with van der Waals surface area (Å²) in [4.78, 5) is 0.740. The molecule has 1 aliphatic rings. The van der Waals surface area contributed by atoms with Gasteiger partial charge < -0.3 is 10.5 Å². The molecular formula is C15H23NO2S. The maximum Gasteiger partial charge on any atom is 0.120 e. The molecule has 1 aromatic rings. The van der Waals surface area contributed by atoms with E-state index in [4.69, 9.17) is 10.5 Å². The van der Waals surface area contributed by atoms with Gasteiger partial charge in [-0.2, -0.15) is 0 Å². The summed E-state index contributed by atoms with van der Waals surface area (Å²) in [6.45, 7) is 2.19. The first-order valence-corrected chi connectivity index (χ1v) is 8.22. The summed E-state index contributed by atoms with van der Waals surface area (Å²) < 4.78 is 18.0. The normalized spacial score (nSPS) is 24.9. The zero-order valence-electron chi connectivity index (χ0n) is 11.7. The van der Waals surface area contributed by atoms with E-state index >= 15 is 0 Å². The molecule has 3 nitrogen and oxygen atoms in total. The number of nitrogen functional groups attached to an aromatic ring is 1. The largest absolute Gasteiger partial charge is 0.497 e. The van der Waals surface area contributed by atoms with Crippen LogP contribution in [0.3, 0.4) is 0 Å². The summed E-state index contributed by atoms with van der Waals surface area (Å²) in [6, 6.07) is 5.43. The molecule has 1 saturated carbocycles. The zero-order chi connectivity index (χ0) is 13.8. The molecule has 0 radical (unpaired) electrons. The van der Waals surface area contributed by atoms with Gasteiger partial charge in [-0.3, -0.25) is 4.21 Å². The molecule has 0 spiro atoms. The Balaban J connectivity index is 2.27. The van der Waals surface area contributed by atoms with Crippen LogP contribution in [0, 0.1) is 5.92 Å². The summed E-state index contributed by atoms with van der Waals surface area (Å²) in [6.07, 6.45) is 5.77. The maximum absolute atomic E-state index is 12.8. The molecule has 1 aromatic carbocycles. The maximum atomic E-state index is 12.8. The van der Waals surface area contributed by atoms with Crippen LogP contribution in [-0.2, 0) is 10.8 Å². The molecule has 4 heteroatoms. The Morgan fingerprint density at radius 2 is 2.11 bits per heavy atom. The number of ether oxygens (including phenoxy) is 1. The second-order valence-corrected chi connectivity index (χ2v) is 6.83.